The minimum atomic E-state index is -1.30. The Hall–Kier alpha value is -4.15. The monoisotopic (exact) mass is 476 g/mol. The fourth-order valence-electron chi connectivity index (χ4n) is 2.75. The molecule has 0 aromatic heterocycles. The summed E-state index contributed by atoms with van der Waals surface area (Å²) in [6, 6.07) is 12.3. The van der Waals surface area contributed by atoms with Gasteiger partial charge in [0.05, 0.1) is 12.6 Å². The van der Waals surface area contributed by atoms with E-state index in [-0.39, 0.29) is 24.1 Å². The van der Waals surface area contributed by atoms with E-state index >= 15 is 0 Å². The molecule has 0 saturated heterocycles. The molecule has 2 atom stereocenters. The van der Waals surface area contributed by atoms with Gasteiger partial charge in [-0.3, -0.25) is 19.6 Å². The number of hydrogen-bond donors (Lipinski definition) is 6. The molecule has 0 radical (unpaired) electrons. The first-order valence-electron chi connectivity index (χ1n) is 10.9. The van der Waals surface area contributed by atoms with E-state index < -0.39 is 24.0 Å². The number of amides is 3. The third kappa shape index (κ3) is 9.32. The Morgan fingerprint density at radius 2 is 1.43 bits per heavy atom. The molecule has 2 aromatic carbocycles. The minimum Gasteiger partial charge on any atom is -0.391 e. The fourth-order valence-corrected chi connectivity index (χ4v) is 2.75. The first-order valence-corrected chi connectivity index (χ1v) is 10.9. The van der Waals surface area contributed by atoms with Crippen LogP contribution in [0.5, 0.6) is 0 Å². The van der Waals surface area contributed by atoms with E-state index in [0.717, 1.165) is 5.56 Å². The summed E-state index contributed by atoms with van der Waals surface area (Å²) in [4.78, 5) is 35.7. The number of hydroxylamine groups is 1. The number of carbonyl (C=O) groups excluding carboxylic acids is 3. The third-order valence-electron chi connectivity index (χ3n) is 4.62. The lowest BCUT2D eigenvalue weighted by atomic mass is 10.1. The Morgan fingerprint density at radius 1 is 0.886 bits per heavy atom. The summed E-state index contributed by atoms with van der Waals surface area (Å²) in [5.41, 5.74) is 3.71. The van der Waals surface area contributed by atoms with Gasteiger partial charge in [0.1, 0.15) is 6.04 Å². The highest BCUT2D eigenvalue weighted by Crippen LogP contribution is 2.08. The Bertz CT molecular complexity index is 1150. The van der Waals surface area contributed by atoms with Crippen molar-refractivity contribution in [3.8, 4) is 23.7 Å². The molecular weight excluding hydrogens is 448 g/mol. The smallest absolute Gasteiger partial charge is 0.268 e. The molecule has 182 valence electrons. The van der Waals surface area contributed by atoms with Crippen LogP contribution in [-0.2, 0) is 9.59 Å². The van der Waals surface area contributed by atoms with E-state index in [2.05, 4.69) is 39.6 Å². The van der Waals surface area contributed by atoms with E-state index in [9.17, 15) is 19.5 Å². The van der Waals surface area contributed by atoms with Crippen molar-refractivity contribution in [2.24, 2.45) is 0 Å². The summed E-state index contributed by atoms with van der Waals surface area (Å²) >= 11 is 0. The normalized spacial score (nSPS) is 11.7. The molecule has 0 fully saturated rings. The van der Waals surface area contributed by atoms with Crippen LogP contribution in [0.3, 0.4) is 0 Å². The number of carbonyl (C=O) groups is 3. The molecule has 3 amide bonds. The van der Waals surface area contributed by atoms with E-state index in [4.69, 9.17) is 5.21 Å². The van der Waals surface area contributed by atoms with Crippen molar-refractivity contribution in [1.29, 1.82) is 0 Å². The van der Waals surface area contributed by atoms with Crippen molar-refractivity contribution in [2.75, 3.05) is 11.9 Å². The predicted octanol–water partition coefficient (Wildman–Crippen LogP) is 1.01. The number of rotatable bonds is 8. The van der Waals surface area contributed by atoms with Gasteiger partial charge >= 0.3 is 0 Å². The van der Waals surface area contributed by atoms with Crippen LogP contribution in [0.1, 0.15) is 42.3 Å². The van der Waals surface area contributed by atoms with Gasteiger partial charge in [0.2, 0.25) is 5.91 Å². The van der Waals surface area contributed by atoms with E-state index in [1.807, 2.05) is 13.8 Å². The quantitative estimate of drug-likeness (QED) is 0.191. The lowest BCUT2D eigenvalue weighted by molar-refractivity contribution is -0.133. The highest BCUT2D eigenvalue weighted by Gasteiger charge is 2.25. The van der Waals surface area contributed by atoms with E-state index in [1.54, 1.807) is 36.4 Å². The lowest BCUT2D eigenvalue weighted by Crippen LogP contribution is -2.51. The van der Waals surface area contributed by atoms with Gasteiger partial charge in [0, 0.05) is 28.4 Å². The first kappa shape index (κ1) is 27.1. The summed E-state index contributed by atoms with van der Waals surface area (Å²) in [5, 5.41) is 26.5. The van der Waals surface area contributed by atoms with Gasteiger partial charge < -0.3 is 21.1 Å². The third-order valence-corrected chi connectivity index (χ3v) is 4.62. The Balaban J connectivity index is 1.94. The maximum atomic E-state index is 12.3. The van der Waals surface area contributed by atoms with Crippen molar-refractivity contribution in [2.45, 2.75) is 39.0 Å². The van der Waals surface area contributed by atoms with Gasteiger partial charge in [0.25, 0.3) is 11.8 Å². The SMILES string of the molecule is CC(C)NCC(=O)Nc1ccc(C#CC#Cc2ccc(C(=O)NC(C(=O)NO)C(C)O)cc2)cc1. The summed E-state index contributed by atoms with van der Waals surface area (Å²) in [6.07, 6.45) is -1.20. The molecule has 9 nitrogen and oxygen atoms in total. The number of hydrogen-bond acceptors (Lipinski definition) is 6. The molecule has 0 saturated carbocycles. The molecule has 2 aromatic rings. The molecule has 0 bridgehead atoms. The molecule has 35 heavy (non-hydrogen) atoms. The fraction of sp³-hybridized carbons (Fsp3) is 0.269. The van der Waals surface area contributed by atoms with Crippen LogP contribution in [0.15, 0.2) is 48.5 Å². The highest BCUT2D eigenvalue weighted by molar-refractivity contribution is 5.97. The molecule has 2 unspecified atom stereocenters. The molecule has 0 heterocycles. The second kappa shape index (κ2) is 13.5. The lowest BCUT2D eigenvalue weighted by Gasteiger charge is -2.19. The molecule has 9 heteroatoms. The molecule has 0 aliphatic heterocycles. The molecule has 2 rings (SSSR count). The first-order chi connectivity index (χ1) is 16.7. The molecular formula is C26H28N4O5. The largest absolute Gasteiger partial charge is 0.391 e. The molecule has 0 aliphatic carbocycles. The van der Waals surface area contributed by atoms with Gasteiger partial charge in [-0.25, -0.2) is 5.48 Å². The van der Waals surface area contributed by atoms with Gasteiger partial charge in [-0.1, -0.05) is 25.7 Å². The number of aliphatic hydroxyl groups excluding tert-OH is 1. The minimum absolute atomic E-state index is 0.120. The van der Waals surface area contributed by atoms with E-state index in [1.165, 1.54) is 24.5 Å². The number of benzene rings is 2. The average molecular weight is 477 g/mol. The van der Waals surface area contributed by atoms with Crippen LogP contribution < -0.4 is 21.4 Å². The summed E-state index contributed by atoms with van der Waals surface area (Å²) in [5.74, 6) is 9.65. The van der Waals surface area contributed by atoms with Crippen LogP contribution in [-0.4, -0.2) is 52.8 Å². The van der Waals surface area contributed by atoms with Gasteiger partial charge in [0.15, 0.2) is 0 Å². The zero-order valence-corrected chi connectivity index (χ0v) is 19.7. The topological polar surface area (TPSA) is 140 Å². The van der Waals surface area contributed by atoms with Gasteiger partial charge in [-0.15, -0.1) is 0 Å². The van der Waals surface area contributed by atoms with Crippen LogP contribution >= 0.6 is 0 Å². The van der Waals surface area contributed by atoms with Crippen molar-refractivity contribution in [3.63, 3.8) is 0 Å². The van der Waals surface area contributed by atoms with E-state index in [0.29, 0.717) is 11.3 Å². The van der Waals surface area contributed by atoms with Crippen molar-refractivity contribution < 1.29 is 24.7 Å². The van der Waals surface area contributed by atoms with Gasteiger partial charge in [-0.05, 0) is 67.3 Å². The maximum Gasteiger partial charge on any atom is 0.268 e. The number of nitrogens with one attached hydrogen (secondary N) is 4. The van der Waals surface area contributed by atoms with Crippen LogP contribution in [0.25, 0.3) is 0 Å². The Labute approximate surface area is 204 Å². The molecule has 0 spiro atoms. The zero-order valence-electron chi connectivity index (χ0n) is 19.7. The highest BCUT2D eigenvalue weighted by atomic mass is 16.5. The average Bonchev–Trinajstić information content (AvgIpc) is 2.84. The number of aliphatic hydroxyl groups is 1. The molecule has 6 N–H and O–H groups in total. The second-order valence-electron chi connectivity index (χ2n) is 7.91. The second-order valence-corrected chi connectivity index (χ2v) is 7.91. The predicted molar refractivity (Wildman–Crippen MR) is 131 cm³/mol. The summed E-state index contributed by atoms with van der Waals surface area (Å²) in [6.45, 7) is 5.49. The maximum absolute atomic E-state index is 12.3. The molecule has 0 aliphatic rings. The van der Waals surface area contributed by atoms with Crippen LogP contribution in [0, 0.1) is 23.7 Å². The standard InChI is InChI=1S/C26H28N4O5/c1-17(2)27-16-23(32)28-22-14-10-20(11-15-22)7-5-4-6-19-8-12-21(13-9-19)25(33)29-24(18(3)31)26(34)30-35/h8-15,17-18,24,27,31,35H,16H2,1-3H3,(H,28,32)(H,29,33)(H,30,34). The van der Waals surface area contributed by atoms with Crippen molar-refractivity contribution in [1.82, 2.24) is 16.1 Å². The Morgan fingerprint density at radius 3 is 1.91 bits per heavy atom. The van der Waals surface area contributed by atoms with Crippen LogP contribution in [0.2, 0.25) is 0 Å². The zero-order chi connectivity index (χ0) is 25.8. The summed E-state index contributed by atoms with van der Waals surface area (Å²) in [7, 11) is 0. The van der Waals surface area contributed by atoms with Crippen molar-refractivity contribution >= 4 is 23.4 Å². The summed E-state index contributed by atoms with van der Waals surface area (Å²) < 4.78 is 0. The Kier molecular flexibility index (Phi) is 10.5. The number of anilines is 1. The van der Waals surface area contributed by atoms with Crippen molar-refractivity contribution in [3.05, 3.63) is 65.2 Å². The van der Waals surface area contributed by atoms with Crippen LogP contribution in [0.4, 0.5) is 5.69 Å². The van der Waals surface area contributed by atoms with Gasteiger partial charge in [-0.2, -0.15) is 0 Å².